The van der Waals surface area contributed by atoms with E-state index in [1.54, 1.807) is 0 Å². The molecule has 0 N–H and O–H groups in total. The zero-order valence-electron chi connectivity index (χ0n) is 15.8. The Morgan fingerprint density at radius 2 is 1.72 bits per heavy atom. The van der Waals surface area contributed by atoms with Crippen molar-refractivity contribution < 1.29 is 8.78 Å². The Hall–Kier alpha value is -0.703. The van der Waals surface area contributed by atoms with E-state index in [4.69, 9.17) is 0 Å². The predicted molar refractivity (Wildman–Crippen MR) is 105 cm³/mol. The van der Waals surface area contributed by atoms with Crippen LogP contribution in [-0.4, -0.2) is 8.80 Å². The fraction of sp³-hybridized carbons (Fsp3) is 0.727. The van der Waals surface area contributed by atoms with E-state index in [1.165, 1.54) is 94.5 Å². The largest absolute Gasteiger partial charge is 0.204 e. The van der Waals surface area contributed by atoms with Crippen LogP contribution in [0.15, 0.2) is 18.2 Å². The smallest absolute Gasteiger partial charge is 0.159 e. The van der Waals surface area contributed by atoms with Crippen LogP contribution in [-0.2, 0) is 5.41 Å². The summed E-state index contributed by atoms with van der Waals surface area (Å²) in [5.41, 5.74) is 1.21. The molecule has 0 bridgehead atoms. The van der Waals surface area contributed by atoms with Crippen molar-refractivity contribution in [3.8, 4) is 0 Å². The minimum atomic E-state index is -0.707. The topological polar surface area (TPSA) is 0 Å². The van der Waals surface area contributed by atoms with E-state index in [-0.39, 0.29) is 5.41 Å². The minimum Gasteiger partial charge on any atom is -0.204 e. The van der Waals surface area contributed by atoms with E-state index in [0.29, 0.717) is 5.92 Å². The van der Waals surface area contributed by atoms with Crippen LogP contribution < -0.4 is 0 Å². The second kappa shape index (κ2) is 8.79. The molecular formula is C22H34F2Si. The molecule has 1 saturated carbocycles. The standard InChI is InChI=1S/C22H34F2Si/c1-2-3-7-14-25-15-10-18(11-16-25)22(12-5-4-6-13-22)19-8-9-20(23)21(24)17-19/h8-9,17-18,25H,2-7,10-16H2,1H3/t18-,25-. The van der Waals surface area contributed by atoms with Crippen molar-refractivity contribution in [3.63, 3.8) is 0 Å². The Kier molecular flexibility index (Phi) is 6.71. The molecule has 0 amide bonds. The molecule has 25 heavy (non-hydrogen) atoms. The number of benzene rings is 1. The Morgan fingerprint density at radius 1 is 1.00 bits per heavy atom. The van der Waals surface area contributed by atoms with Crippen LogP contribution in [0, 0.1) is 17.6 Å². The average molecular weight is 365 g/mol. The molecule has 1 saturated heterocycles. The third-order valence-electron chi connectivity index (χ3n) is 7.08. The highest BCUT2D eigenvalue weighted by Gasteiger charge is 2.42. The van der Waals surface area contributed by atoms with Gasteiger partial charge in [0, 0.05) is 8.80 Å². The molecule has 1 aliphatic heterocycles. The van der Waals surface area contributed by atoms with Gasteiger partial charge in [0.2, 0.25) is 0 Å². The first-order chi connectivity index (χ1) is 12.2. The van der Waals surface area contributed by atoms with E-state index in [0.717, 1.165) is 5.56 Å². The lowest BCUT2D eigenvalue weighted by Gasteiger charge is -2.47. The second-order valence-corrected chi connectivity index (χ2v) is 12.0. The van der Waals surface area contributed by atoms with Crippen molar-refractivity contribution in [1.29, 1.82) is 0 Å². The summed E-state index contributed by atoms with van der Waals surface area (Å²) in [7, 11) is -0.527. The van der Waals surface area contributed by atoms with Crippen molar-refractivity contribution in [2.75, 3.05) is 0 Å². The van der Waals surface area contributed by atoms with Crippen molar-refractivity contribution in [1.82, 2.24) is 0 Å². The van der Waals surface area contributed by atoms with Gasteiger partial charge in [-0.3, -0.25) is 0 Å². The van der Waals surface area contributed by atoms with Gasteiger partial charge in [0.05, 0.1) is 0 Å². The SMILES string of the molecule is CCCCC[Si@H]1CC[C@H](C2(c3ccc(F)c(F)c3)CCCCC2)CC1. The lowest BCUT2D eigenvalue weighted by atomic mass is 9.60. The summed E-state index contributed by atoms with van der Waals surface area (Å²) in [6, 6.07) is 9.23. The lowest BCUT2D eigenvalue weighted by molar-refractivity contribution is 0.174. The molecule has 0 unspecified atom stereocenters. The Morgan fingerprint density at radius 3 is 2.36 bits per heavy atom. The first-order valence-corrected chi connectivity index (χ1v) is 13.1. The van der Waals surface area contributed by atoms with Crippen LogP contribution in [0.1, 0.15) is 76.7 Å². The quantitative estimate of drug-likeness (QED) is 0.377. The Labute approximate surface area is 154 Å². The normalized spacial score (nSPS) is 26.5. The zero-order valence-corrected chi connectivity index (χ0v) is 17.0. The monoisotopic (exact) mass is 364 g/mol. The maximum absolute atomic E-state index is 13.9. The summed E-state index contributed by atoms with van der Waals surface area (Å²) in [4.78, 5) is 0. The molecule has 3 rings (SSSR count). The van der Waals surface area contributed by atoms with Crippen LogP contribution >= 0.6 is 0 Å². The van der Waals surface area contributed by atoms with E-state index in [1.807, 2.05) is 6.07 Å². The van der Waals surface area contributed by atoms with Crippen LogP contribution in [0.25, 0.3) is 0 Å². The van der Waals surface area contributed by atoms with Crippen LogP contribution in [0.2, 0.25) is 18.1 Å². The van der Waals surface area contributed by atoms with E-state index >= 15 is 0 Å². The molecule has 1 aromatic rings. The molecule has 1 heterocycles. The highest BCUT2D eigenvalue weighted by atomic mass is 28.3. The first-order valence-electron chi connectivity index (χ1n) is 10.6. The fourth-order valence-electron chi connectivity index (χ4n) is 5.61. The van der Waals surface area contributed by atoms with E-state index in [2.05, 4.69) is 6.92 Å². The van der Waals surface area contributed by atoms with Crippen molar-refractivity contribution in [2.45, 2.75) is 94.7 Å². The summed E-state index contributed by atoms with van der Waals surface area (Å²) >= 11 is 0. The van der Waals surface area contributed by atoms with Gasteiger partial charge in [0.1, 0.15) is 0 Å². The molecular weight excluding hydrogens is 330 g/mol. The van der Waals surface area contributed by atoms with Gasteiger partial charge in [-0.15, -0.1) is 0 Å². The second-order valence-electron chi connectivity index (χ2n) is 8.56. The molecule has 0 nitrogen and oxygen atoms in total. The highest BCUT2D eigenvalue weighted by Crippen LogP contribution is 2.50. The summed E-state index contributed by atoms with van der Waals surface area (Å²) in [6.07, 6.45) is 13.0. The maximum Gasteiger partial charge on any atom is 0.159 e. The molecule has 1 aromatic carbocycles. The Bertz CT molecular complexity index is 543. The van der Waals surface area contributed by atoms with Crippen LogP contribution in [0.5, 0.6) is 0 Å². The predicted octanol–water partition coefficient (Wildman–Crippen LogP) is 6.99. The molecule has 0 radical (unpaired) electrons. The lowest BCUT2D eigenvalue weighted by Crippen LogP contribution is -2.40. The van der Waals surface area contributed by atoms with Crippen molar-refractivity contribution >= 4 is 8.80 Å². The maximum atomic E-state index is 13.9. The van der Waals surface area contributed by atoms with Gasteiger partial charge in [-0.25, -0.2) is 8.78 Å². The van der Waals surface area contributed by atoms with Gasteiger partial charge in [0.25, 0.3) is 0 Å². The number of halogens is 2. The molecule has 0 aromatic heterocycles. The summed E-state index contributed by atoms with van der Waals surface area (Å²) in [6.45, 7) is 2.28. The molecule has 140 valence electrons. The summed E-state index contributed by atoms with van der Waals surface area (Å²) in [5.74, 6) is -0.681. The van der Waals surface area contributed by atoms with Crippen molar-refractivity contribution in [2.24, 2.45) is 5.92 Å². The first kappa shape index (κ1) is 19.1. The molecule has 2 fully saturated rings. The molecule has 3 heteroatoms. The van der Waals surface area contributed by atoms with Gasteiger partial charge in [0.15, 0.2) is 11.6 Å². The van der Waals surface area contributed by atoms with Gasteiger partial charge >= 0.3 is 0 Å². The third kappa shape index (κ3) is 4.35. The summed E-state index contributed by atoms with van der Waals surface area (Å²) < 4.78 is 27.4. The highest BCUT2D eigenvalue weighted by molar-refractivity contribution is 6.58. The number of hydrogen-bond donors (Lipinski definition) is 0. The summed E-state index contributed by atoms with van der Waals surface area (Å²) in [5, 5.41) is 0. The van der Waals surface area contributed by atoms with E-state index < -0.39 is 20.4 Å². The molecule has 2 aliphatic rings. The Balaban J connectivity index is 1.72. The average Bonchev–Trinajstić information content (AvgIpc) is 2.65. The van der Waals surface area contributed by atoms with E-state index in [9.17, 15) is 8.78 Å². The van der Waals surface area contributed by atoms with Gasteiger partial charge < -0.3 is 0 Å². The van der Waals surface area contributed by atoms with Gasteiger partial charge in [-0.1, -0.05) is 82.5 Å². The zero-order chi connectivity index (χ0) is 17.7. The number of unbranched alkanes of at least 4 members (excludes halogenated alkanes) is 2. The molecule has 0 atom stereocenters. The van der Waals surface area contributed by atoms with Gasteiger partial charge in [-0.2, -0.15) is 0 Å². The van der Waals surface area contributed by atoms with Crippen LogP contribution in [0.3, 0.4) is 0 Å². The van der Waals surface area contributed by atoms with Crippen LogP contribution in [0.4, 0.5) is 8.78 Å². The molecule has 0 spiro atoms. The third-order valence-corrected chi connectivity index (χ3v) is 10.6. The number of rotatable bonds is 6. The molecule has 1 aliphatic carbocycles. The van der Waals surface area contributed by atoms with Gasteiger partial charge in [-0.05, 0) is 41.9 Å². The minimum absolute atomic E-state index is 0.121. The fourth-order valence-corrected chi connectivity index (χ4v) is 9.09. The van der Waals surface area contributed by atoms with Crippen molar-refractivity contribution in [3.05, 3.63) is 35.4 Å². The number of hydrogen-bond acceptors (Lipinski definition) is 0.